The molecule has 0 fully saturated rings. The van der Waals surface area contributed by atoms with Gasteiger partial charge in [0.25, 0.3) is 0 Å². The van der Waals surface area contributed by atoms with Gasteiger partial charge in [0, 0.05) is 16.2 Å². The molecule has 2 nitrogen and oxygen atoms in total. The first-order chi connectivity index (χ1) is 4.74. The van der Waals surface area contributed by atoms with E-state index < -0.39 is 0 Å². The number of hydrogen-bond acceptors (Lipinski definition) is 2. The highest BCUT2D eigenvalue weighted by Gasteiger charge is 1.98. The van der Waals surface area contributed by atoms with Gasteiger partial charge in [0.2, 0.25) is 0 Å². The van der Waals surface area contributed by atoms with Crippen molar-refractivity contribution in [2.24, 2.45) is 0 Å². The highest BCUT2D eigenvalue weighted by molar-refractivity contribution is 9.11. The van der Waals surface area contributed by atoms with E-state index in [0.29, 0.717) is 0 Å². The Morgan fingerprint density at radius 3 is 2.70 bits per heavy atom. The molecule has 1 rings (SSSR count). The number of halogens is 2. The minimum Gasteiger partial charge on any atom is -0.392 e. The van der Waals surface area contributed by atoms with Crippen LogP contribution in [0.2, 0.25) is 0 Å². The fourth-order valence-corrected chi connectivity index (χ4v) is 1.64. The van der Waals surface area contributed by atoms with E-state index in [1.54, 1.807) is 12.3 Å². The minimum absolute atomic E-state index is 0.0147. The van der Waals surface area contributed by atoms with Crippen molar-refractivity contribution in [3.63, 3.8) is 0 Å². The molecule has 54 valence electrons. The van der Waals surface area contributed by atoms with E-state index in [-0.39, 0.29) is 6.61 Å². The second-order valence-corrected chi connectivity index (χ2v) is 3.42. The maximum Gasteiger partial charge on any atom is 0.107 e. The van der Waals surface area contributed by atoms with Gasteiger partial charge in [-0.25, -0.2) is 4.98 Å². The van der Waals surface area contributed by atoms with Gasteiger partial charge in [-0.1, -0.05) is 15.9 Å². The Labute approximate surface area is 75.5 Å². The molecule has 1 N–H and O–H groups in total. The molecule has 0 spiro atoms. The van der Waals surface area contributed by atoms with Crippen molar-refractivity contribution in [1.82, 2.24) is 4.98 Å². The van der Waals surface area contributed by atoms with Crippen LogP contribution in [0.3, 0.4) is 0 Å². The summed E-state index contributed by atoms with van der Waals surface area (Å²) in [5.41, 5.74) is 0.795. The summed E-state index contributed by atoms with van der Waals surface area (Å²) < 4.78 is 1.63. The van der Waals surface area contributed by atoms with Crippen LogP contribution in [0, 0.1) is 0 Å². The predicted molar refractivity (Wildman–Crippen MR) is 45.6 cm³/mol. The van der Waals surface area contributed by atoms with Gasteiger partial charge in [-0.3, -0.25) is 0 Å². The van der Waals surface area contributed by atoms with E-state index in [9.17, 15) is 0 Å². The largest absolute Gasteiger partial charge is 0.392 e. The van der Waals surface area contributed by atoms with E-state index in [0.717, 1.165) is 14.6 Å². The molecule has 0 aromatic carbocycles. The molecule has 10 heavy (non-hydrogen) atoms. The summed E-state index contributed by atoms with van der Waals surface area (Å²) in [5.74, 6) is 0. The summed E-state index contributed by atoms with van der Waals surface area (Å²) in [4.78, 5) is 3.94. The van der Waals surface area contributed by atoms with Crippen molar-refractivity contribution in [3.05, 3.63) is 26.9 Å². The molecule has 0 aliphatic heterocycles. The average molecular weight is 267 g/mol. The summed E-state index contributed by atoms with van der Waals surface area (Å²) in [6.07, 6.45) is 1.62. The van der Waals surface area contributed by atoms with E-state index in [1.807, 2.05) is 0 Å². The Balaban J connectivity index is 3.07. The first-order valence-corrected chi connectivity index (χ1v) is 4.23. The van der Waals surface area contributed by atoms with Crippen LogP contribution in [-0.2, 0) is 6.61 Å². The lowest BCUT2D eigenvalue weighted by Crippen LogP contribution is -1.86. The smallest absolute Gasteiger partial charge is 0.107 e. The topological polar surface area (TPSA) is 33.1 Å². The maximum absolute atomic E-state index is 8.72. The molecular formula is C6H5Br2NO. The second kappa shape index (κ2) is 3.46. The van der Waals surface area contributed by atoms with Gasteiger partial charge in [0.05, 0.1) is 6.61 Å². The third-order valence-corrected chi connectivity index (χ3v) is 2.24. The minimum atomic E-state index is 0.0147. The van der Waals surface area contributed by atoms with Crippen LogP contribution in [-0.4, -0.2) is 10.1 Å². The molecule has 0 atom stereocenters. The Morgan fingerprint density at radius 1 is 1.50 bits per heavy atom. The molecule has 1 aromatic heterocycles. The number of aliphatic hydroxyl groups excluding tert-OH is 1. The SMILES string of the molecule is OCc1cnc(Br)cc1Br. The third-order valence-electron chi connectivity index (χ3n) is 1.07. The fourth-order valence-electron chi connectivity index (χ4n) is 0.552. The number of aliphatic hydroxyl groups is 1. The van der Waals surface area contributed by atoms with Gasteiger partial charge >= 0.3 is 0 Å². The average Bonchev–Trinajstić information content (AvgIpc) is 1.88. The van der Waals surface area contributed by atoms with Gasteiger partial charge < -0.3 is 5.11 Å². The van der Waals surface area contributed by atoms with Crippen LogP contribution >= 0.6 is 31.9 Å². The van der Waals surface area contributed by atoms with Gasteiger partial charge in [-0.2, -0.15) is 0 Å². The van der Waals surface area contributed by atoms with Gasteiger partial charge in [-0.15, -0.1) is 0 Å². The highest BCUT2D eigenvalue weighted by atomic mass is 79.9. The monoisotopic (exact) mass is 265 g/mol. The van der Waals surface area contributed by atoms with Crippen molar-refractivity contribution < 1.29 is 5.11 Å². The van der Waals surface area contributed by atoms with Crippen LogP contribution in [0.4, 0.5) is 0 Å². The van der Waals surface area contributed by atoms with Crippen LogP contribution in [0.15, 0.2) is 21.3 Å². The summed E-state index contributed by atoms with van der Waals surface area (Å²) in [6, 6.07) is 1.80. The number of pyridine rings is 1. The lowest BCUT2D eigenvalue weighted by molar-refractivity contribution is 0.280. The van der Waals surface area contributed by atoms with Crippen molar-refractivity contribution in [2.45, 2.75) is 6.61 Å². The summed E-state index contributed by atoms with van der Waals surface area (Å²) in [7, 11) is 0. The van der Waals surface area contributed by atoms with E-state index >= 15 is 0 Å². The summed E-state index contributed by atoms with van der Waals surface area (Å²) in [6.45, 7) is 0.0147. The molecule has 0 saturated heterocycles. The van der Waals surface area contributed by atoms with Crippen molar-refractivity contribution in [2.75, 3.05) is 0 Å². The molecule has 0 radical (unpaired) electrons. The van der Waals surface area contributed by atoms with E-state index in [4.69, 9.17) is 5.11 Å². The summed E-state index contributed by atoms with van der Waals surface area (Å²) in [5, 5.41) is 8.72. The lowest BCUT2D eigenvalue weighted by atomic mass is 10.3. The Kier molecular flexibility index (Phi) is 2.82. The van der Waals surface area contributed by atoms with Crippen LogP contribution in [0.5, 0.6) is 0 Å². The van der Waals surface area contributed by atoms with Crippen LogP contribution in [0.1, 0.15) is 5.56 Å². The molecule has 0 amide bonds. The quantitative estimate of drug-likeness (QED) is 0.790. The predicted octanol–water partition coefficient (Wildman–Crippen LogP) is 2.10. The standard InChI is InChI=1S/C6H5Br2NO/c7-5-1-6(8)9-2-4(5)3-10/h1-2,10H,3H2. The molecule has 0 unspecified atom stereocenters. The summed E-state index contributed by atoms with van der Waals surface area (Å²) >= 11 is 6.48. The molecule has 0 saturated carbocycles. The van der Waals surface area contributed by atoms with E-state index in [2.05, 4.69) is 36.8 Å². The third kappa shape index (κ3) is 1.78. The molecule has 4 heteroatoms. The van der Waals surface area contributed by atoms with Gasteiger partial charge in [0.1, 0.15) is 4.60 Å². The van der Waals surface area contributed by atoms with E-state index in [1.165, 1.54) is 0 Å². The zero-order chi connectivity index (χ0) is 7.56. The number of nitrogens with zero attached hydrogens (tertiary/aromatic N) is 1. The normalized spacial score (nSPS) is 9.90. The first kappa shape index (κ1) is 8.17. The number of rotatable bonds is 1. The van der Waals surface area contributed by atoms with Gasteiger partial charge in [-0.05, 0) is 22.0 Å². The molecule has 0 bridgehead atoms. The highest BCUT2D eigenvalue weighted by Crippen LogP contribution is 2.18. The zero-order valence-corrected chi connectivity index (χ0v) is 8.18. The Morgan fingerprint density at radius 2 is 2.20 bits per heavy atom. The zero-order valence-electron chi connectivity index (χ0n) is 5.01. The van der Waals surface area contributed by atoms with Crippen molar-refractivity contribution >= 4 is 31.9 Å². The fraction of sp³-hybridized carbons (Fsp3) is 0.167. The molecule has 0 aliphatic carbocycles. The van der Waals surface area contributed by atoms with Crippen molar-refractivity contribution in [1.29, 1.82) is 0 Å². The lowest BCUT2D eigenvalue weighted by Gasteiger charge is -1.98. The molecule has 1 aromatic rings. The van der Waals surface area contributed by atoms with Crippen LogP contribution in [0.25, 0.3) is 0 Å². The first-order valence-electron chi connectivity index (χ1n) is 2.65. The molecule has 1 heterocycles. The Bertz CT molecular complexity index is 239. The number of hydrogen-bond donors (Lipinski definition) is 1. The molecular weight excluding hydrogens is 262 g/mol. The van der Waals surface area contributed by atoms with Crippen molar-refractivity contribution in [3.8, 4) is 0 Å². The van der Waals surface area contributed by atoms with Gasteiger partial charge in [0.15, 0.2) is 0 Å². The molecule has 0 aliphatic rings. The second-order valence-electron chi connectivity index (χ2n) is 1.76. The number of aromatic nitrogens is 1. The maximum atomic E-state index is 8.72. The van der Waals surface area contributed by atoms with Crippen LogP contribution < -0.4 is 0 Å². The Hall–Kier alpha value is 0.0700.